The Kier molecular flexibility index (Phi) is 5.94. The smallest absolute Gasteiger partial charge is 0.240 e. The van der Waals surface area contributed by atoms with E-state index < -0.39 is 5.60 Å². The molecular formula is C21H27N3O3S. The van der Waals surface area contributed by atoms with E-state index in [2.05, 4.69) is 15.2 Å². The Morgan fingerprint density at radius 3 is 2.71 bits per heavy atom. The van der Waals surface area contributed by atoms with Gasteiger partial charge in [0.1, 0.15) is 18.0 Å². The van der Waals surface area contributed by atoms with Crippen LogP contribution in [0.3, 0.4) is 0 Å². The van der Waals surface area contributed by atoms with E-state index >= 15 is 0 Å². The fourth-order valence-corrected chi connectivity index (χ4v) is 4.84. The minimum Gasteiger partial charge on any atom is -0.491 e. The number of amides is 1. The first-order valence-electron chi connectivity index (χ1n) is 10.0. The van der Waals surface area contributed by atoms with Crippen molar-refractivity contribution in [3.8, 4) is 5.75 Å². The van der Waals surface area contributed by atoms with Crippen LogP contribution in [0.4, 0.5) is 5.13 Å². The fraction of sp³-hybridized carbons (Fsp3) is 0.524. The molecule has 6 nitrogen and oxygen atoms in total. The number of aryl methyl sites for hydroxylation is 2. The van der Waals surface area contributed by atoms with E-state index in [0.717, 1.165) is 29.4 Å². The lowest BCUT2D eigenvalue weighted by atomic mass is 9.92. The Balaban J connectivity index is 1.22. The second kappa shape index (κ2) is 8.59. The Hall–Kier alpha value is -1.96. The zero-order valence-electron chi connectivity index (χ0n) is 16.0. The van der Waals surface area contributed by atoms with Crippen molar-refractivity contribution in [3.63, 3.8) is 0 Å². The van der Waals surface area contributed by atoms with E-state index in [-0.39, 0.29) is 12.5 Å². The topological polar surface area (TPSA) is 74.7 Å². The van der Waals surface area contributed by atoms with Gasteiger partial charge in [-0.15, -0.1) is 11.3 Å². The van der Waals surface area contributed by atoms with Gasteiger partial charge in [0.05, 0.1) is 12.2 Å². The van der Waals surface area contributed by atoms with Crippen LogP contribution < -0.4 is 10.1 Å². The number of aromatic nitrogens is 1. The number of fused-ring (bicyclic) bond motifs is 1. The maximum absolute atomic E-state index is 12.4. The largest absolute Gasteiger partial charge is 0.491 e. The Bertz CT molecular complexity index is 777. The van der Waals surface area contributed by atoms with Gasteiger partial charge in [-0.05, 0) is 50.7 Å². The monoisotopic (exact) mass is 401 g/mol. The van der Waals surface area contributed by atoms with E-state index in [1.165, 1.54) is 17.7 Å². The summed E-state index contributed by atoms with van der Waals surface area (Å²) in [6, 6.07) is 9.55. The molecule has 2 heterocycles. The van der Waals surface area contributed by atoms with Gasteiger partial charge in [-0.1, -0.05) is 18.2 Å². The molecule has 0 spiro atoms. The number of rotatable bonds is 6. The zero-order chi connectivity index (χ0) is 19.4. The van der Waals surface area contributed by atoms with Crippen LogP contribution >= 0.6 is 11.3 Å². The van der Waals surface area contributed by atoms with Crippen molar-refractivity contribution >= 4 is 22.4 Å². The summed E-state index contributed by atoms with van der Waals surface area (Å²) in [5, 5.41) is 14.4. The molecule has 28 heavy (non-hydrogen) atoms. The van der Waals surface area contributed by atoms with E-state index in [0.29, 0.717) is 32.5 Å². The minimum absolute atomic E-state index is 0.0305. The number of anilines is 1. The molecule has 0 unspecified atom stereocenters. The molecule has 0 bridgehead atoms. The highest BCUT2D eigenvalue weighted by Crippen LogP contribution is 2.29. The summed E-state index contributed by atoms with van der Waals surface area (Å²) < 4.78 is 5.73. The molecule has 1 aromatic heterocycles. The Morgan fingerprint density at radius 2 is 1.96 bits per heavy atom. The van der Waals surface area contributed by atoms with Gasteiger partial charge in [0, 0.05) is 18.0 Å². The fourth-order valence-electron chi connectivity index (χ4n) is 3.77. The maximum Gasteiger partial charge on any atom is 0.240 e. The molecular weight excluding hydrogens is 374 g/mol. The molecule has 1 fully saturated rings. The predicted molar refractivity (Wildman–Crippen MR) is 110 cm³/mol. The molecule has 2 aromatic rings. The number of carbonyl (C=O) groups is 1. The number of para-hydroxylation sites is 1. The van der Waals surface area contributed by atoms with Gasteiger partial charge in [-0.25, -0.2) is 4.98 Å². The van der Waals surface area contributed by atoms with Gasteiger partial charge in [-0.3, -0.25) is 9.69 Å². The lowest BCUT2D eigenvalue weighted by Crippen LogP contribution is -2.49. The molecule has 0 atom stereocenters. The molecule has 0 saturated carbocycles. The third-order valence-electron chi connectivity index (χ3n) is 5.50. The van der Waals surface area contributed by atoms with Crippen LogP contribution in [0.25, 0.3) is 0 Å². The second-order valence-corrected chi connectivity index (χ2v) is 8.83. The van der Waals surface area contributed by atoms with Gasteiger partial charge >= 0.3 is 0 Å². The zero-order valence-corrected chi connectivity index (χ0v) is 16.8. The van der Waals surface area contributed by atoms with Crippen LogP contribution in [0.1, 0.15) is 36.3 Å². The van der Waals surface area contributed by atoms with Crippen molar-refractivity contribution in [3.05, 3.63) is 40.9 Å². The van der Waals surface area contributed by atoms with E-state index in [9.17, 15) is 9.90 Å². The Morgan fingerprint density at radius 1 is 1.21 bits per heavy atom. The number of thiazole rings is 1. The molecule has 150 valence electrons. The van der Waals surface area contributed by atoms with Gasteiger partial charge in [0.25, 0.3) is 0 Å². The first kappa shape index (κ1) is 19.4. The molecule has 1 aliphatic carbocycles. The van der Waals surface area contributed by atoms with Gasteiger partial charge in [0.2, 0.25) is 5.91 Å². The van der Waals surface area contributed by atoms with Crippen LogP contribution in [-0.4, -0.2) is 52.7 Å². The SMILES string of the molecule is O=C(CN1CCC(O)(COc2ccccc2)CC1)Nc1nc2c(s1)CCCC2. The van der Waals surface area contributed by atoms with E-state index in [1.54, 1.807) is 11.3 Å². The average Bonchev–Trinajstić information content (AvgIpc) is 3.11. The highest BCUT2D eigenvalue weighted by Gasteiger charge is 2.33. The van der Waals surface area contributed by atoms with E-state index in [1.807, 2.05) is 30.3 Å². The number of aliphatic hydroxyl groups is 1. The van der Waals surface area contributed by atoms with Gasteiger partial charge in [-0.2, -0.15) is 0 Å². The van der Waals surface area contributed by atoms with Crippen LogP contribution in [0, 0.1) is 0 Å². The number of carbonyl (C=O) groups excluding carboxylic acids is 1. The maximum atomic E-state index is 12.4. The highest BCUT2D eigenvalue weighted by atomic mass is 32.1. The number of nitrogens with one attached hydrogen (secondary N) is 1. The molecule has 1 amide bonds. The van der Waals surface area contributed by atoms with Crippen molar-refractivity contribution in [1.82, 2.24) is 9.88 Å². The predicted octanol–water partition coefficient (Wildman–Crippen LogP) is 2.87. The van der Waals surface area contributed by atoms with E-state index in [4.69, 9.17) is 4.74 Å². The standard InChI is InChI=1S/C21H27N3O3S/c25-19(23-20-22-17-8-4-5-9-18(17)28-20)14-24-12-10-21(26,11-13-24)15-27-16-6-2-1-3-7-16/h1-3,6-7,26H,4-5,8-15H2,(H,22,23,25). The number of ether oxygens (including phenoxy) is 1. The van der Waals surface area contributed by atoms with Crippen molar-refractivity contribution in [1.29, 1.82) is 0 Å². The summed E-state index contributed by atoms with van der Waals surface area (Å²) in [6.07, 6.45) is 5.70. The molecule has 7 heteroatoms. The van der Waals surface area contributed by atoms with Gasteiger partial charge in [0.15, 0.2) is 5.13 Å². The third-order valence-corrected chi connectivity index (χ3v) is 6.57. The van der Waals surface area contributed by atoms with Crippen molar-refractivity contribution in [2.24, 2.45) is 0 Å². The molecule has 1 aromatic carbocycles. The lowest BCUT2D eigenvalue weighted by molar-refractivity contribution is -0.119. The van der Waals surface area contributed by atoms with Crippen LogP contribution in [0.2, 0.25) is 0 Å². The number of nitrogens with zero attached hydrogens (tertiary/aromatic N) is 2. The summed E-state index contributed by atoms with van der Waals surface area (Å²) in [7, 11) is 0. The first-order chi connectivity index (χ1) is 13.6. The summed E-state index contributed by atoms with van der Waals surface area (Å²) in [6.45, 7) is 1.97. The lowest BCUT2D eigenvalue weighted by Gasteiger charge is -2.37. The normalized spacial score (nSPS) is 19.0. The minimum atomic E-state index is -0.836. The van der Waals surface area contributed by atoms with Crippen LogP contribution in [0.5, 0.6) is 5.75 Å². The Labute approximate surface area is 169 Å². The summed E-state index contributed by atoms with van der Waals surface area (Å²) in [4.78, 5) is 20.4. The quantitative estimate of drug-likeness (QED) is 0.779. The number of hydrogen-bond acceptors (Lipinski definition) is 6. The first-order valence-corrected chi connectivity index (χ1v) is 10.8. The average molecular weight is 402 g/mol. The van der Waals surface area contributed by atoms with Crippen LogP contribution in [-0.2, 0) is 17.6 Å². The summed E-state index contributed by atoms with van der Waals surface area (Å²) >= 11 is 1.61. The number of benzene rings is 1. The van der Waals surface area contributed by atoms with Crippen molar-refractivity contribution < 1.29 is 14.6 Å². The summed E-state index contributed by atoms with van der Waals surface area (Å²) in [5.74, 6) is 0.737. The van der Waals surface area contributed by atoms with Gasteiger partial charge < -0.3 is 15.2 Å². The molecule has 2 N–H and O–H groups in total. The number of hydrogen-bond donors (Lipinski definition) is 2. The number of piperidine rings is 1. The second-order valence-electron chi connectivity index (χ2n) is 7.75. The van der Waals surface area contributed by atoms with Crippen molar-refractivity contribution in [2.45, 2.75) is 44.1 Å². The summed E-state index contributed by atoms with van der Waals surface area (Å²) in [5.41, 5.74) is 0.324. The third kappa shape index (κ3) is 4.90. The molecule has 1 aliphatic heterocycles. The number of likely N-dealkylation sites (tertiary alicyclic amines) is 1. The molecule has 4 rings (SSSR count). The molecule has 1 saturated heterocycles. The highest BCUT2D eigenvalue weighted by molar-refractivity contribution is 7.15. The molecule has 2 aliphatic rings. The van der Waals surface area contributed by atoms with Crippen molar-refractivity contribution in [2.75, 3.05) is 31.6 Å². The van der Waals surface area contributed by atoms with Crippen LogP contribution in [0.15, 0.2) is 30.3 Å². The molecule has 0 radical (unpaired) electrons.